The standard InChI is InChI=1S/C21H21FN4O2/c22-17-6-8-19(9-7-17)28-14-21(27)25-11-10-16(13-25)12-20-24-23-15-26(20)18-4-2-1-3-5-18/h1-9,15-16H,10-14H2. The monoisotopic (exact) mass is 380 g/mol. The maximum atomic E-state index is 12.9. The Bertz CT molecular complexity index is 927. The highest BCUT2D eigenvalue weighted by Crippen LogP contribution is 2.22. The van der Waals surface area contributed by atoms with Crippen molar-refractivity contribution in [2.45, 2.75) is 12.8 Å². The fourth-order valence-electron chi connectivity index (χ4n) is 3.45. The molecule has 1 saturated heterocycles. The van der Waals surface area contributed by atoms with E-state index in [9.17, 15) is 9.18 Å². The summed E-state index contributed by atoms with van der Waals surface area (Å²) in [6.45, 7) is 1.33. The molecule has 1 unspecified atom stereocenters. The number of rotatable bonds is 6. The van der Waals surface area contributed by atoms with Crippen LogP contribution in [0.3, 0.4) is 0 Å². The Hall–Kier alpha value is -3.22. The van der Waals surface area contributed by atoms with Crippen molar-refractivity contribution in [3.8, 4) is 11.4 Å². The second-order valence-electron chi connectivity index (χ2n) is 6.89. The normalized spacial score (nSPS) is 16.3. The van der Waals surface area contributed by atoms with Crippen LogP contribution in [0.5, 0.6) is 5.75 Å². The Kier molecular flexibility index (Phi) is 5.32. The first-order valence-electron chi connectivity index (χ1n) is 9.29. The molecule has 0 N–H and O–H groups in total. The molecule has 2 heterocycles. The Morgan fingerprint density at radius 3 is 2.71 bits per heavy atom. The molecule has 1 amide bonds. The molecular weight excluding hydrogens is 359 g/mol. The molecule has 0 spiro atoms. The summed E-state index contributed by atoms with van der Waals surface area (Å²) in [4.78, 5) is 14.2. The predicted molar refractivity (Wildman–Crippen MR) is 102 cm³/mol. The quantitative estimate of drug-likeness (QED) is 0.660. The number of halogens is 1. The summed E-state index contributed by atoms with van der Waals surface area (Å²) in [5.74, 6) is 1.33. The number of para-hydroxylation sites is 1. The van der Waals surface area contributed by atoms with Crippen molar-refractivity contribution in [3.05, 3.63) is 72.6 Å². The van der Waals surface area contributed by atoms with Gasteiger partial charge in [-0.1, -0.05) is 18.2 Å². The summed E-state index contributed by atoms with van der Waals surface area (Å²) in [6, 6.07) is 15.6. The summed E-state index contributed by atoms with van der Waals surface area (Å²) in [6.07, 6.45) is 3.40. The van der Waals surface area contributed by atoms with Gasteiger partial charge in [-0.25, -0.2) is 4.39 Å². The minimum absolute atomic E-state index is 0.0431. The first-order valence-corrected chi connectivity index (χ1v) is 9.29. The molecule has 1 fully saturated rings. The molecule has 0 aliphatic carbocycles. The highest BCUT2D eigenvalue weighted by molar-refractivity contribution is 5.78. The number of hydrogen-bond acceptors (Lipinski definition) is 4. The van der Waals surface area contributed by atoms with E-state index in [0.717, 1.165) is 24.4 Å². The van der Waals surface area contributed by atoms with E-state index in [1.54, 1.807) is 6.33 Å². The fraction of sp³-hybridized carbons (Fsp3) is 0.286. The molecule has 7 heteroatoms. The van der Waals surface area contributed by atoms with E-state index in [1.807, 2.05) is 39.8 Å². The minimum Gasteiger partial charge on any atom is -0.484 e. The van der Waals surface area contributed by atoms with Crippen molar-refractivity contribution in [1.82, 2.24) is 19.7 Å². The molecule has 28 heavy (non-hydrogen) atoms. The molecule has 3 aromatic rings. The maximum absolute atomic E-state index is 12.9. The van der Waals surface area contributed by atoms with Gasteiger partial charge < -0.3 is 9.64 Å². The number of aromatic nitrogens is 3. The van der Waals surface area contributed by atoms with Crippen molar-refractivity contribution in [2.75, 3.05) is 19.7 Å². The fourth-order valence-corrected chi connectivity index (χ4v) is 3.45. The van der Waals surface area contributed by atoms with Gasteiger partial charge in [-0.2, -0.15) is 0 Å². The first kappa shape index (κ1) is 18.2. The van der Waals surface area contributed by atoms with Crippen molar-refractivity contribution in [3.63, 3.8) is 0 Å². The van der Waals surface area contributed by atoms with Gasteiger partial charge in [-0.05, 0) is 48.7 Å². The zero-order chi connectivity index (χ0) is 19.3. The van der Waals surface area contributed by atoms with Crippen LogP contribution in [-0.4, -0.2) is 45.3 Å². The van der Waals surface area contributed by atoms with Gasteiger partial charge in [-0.15, -0.1) is 10.2 Å². The molecule has 6 nitrogen and oxygen atoms in total. The number of carbonyl (C=O) groups excluding carboxylic acids is 1. The molecule has 0 radical (unpaired) electrons. The number of amides is 1. The van der Waals surface area contributed by atoms with Gasteiger partial charge >= 0.3 is 0 Å². The predicted octanol–water partition coefficient (Wildman–Crippen LogP) is 2.88. The van der Waals surface area contributed by atoms with Crippen LogP contribution >= 0.6 is 0 Å². The lowest BCUT2D eigenvalue weighted by atomic mass is 10.0. The largest absolute Gasteiger partial charge is 0.484 e. The highest BCUT2D eigenvalue weighted by atomic mass is 19.1. The van der Waals surface area contributed by atoms with Crippen LogP contribution < -0.4 is 4.74 Å². The molecule has 4 rings (SSSR count). The van der Waals surface area contributed by atoms with E-state index >= 15 is 0 Å². The summed E-state index contributed by atoms with van der Waals surface area (Å²) >= 11 is 0. The third-order valence-corrected chi connectivity index (χ3v) is 4.94. The zero-order valence-corrected chi connectivity index (χ0v) is 15.4. The van der Waals surface area contributed by atoms with Crippen LogP contribution in [0.15, 0.2) is 60.9 Å². The summed E-state index contributed by atoms with van der Waals surface area (Å²) in [5, 5.41) is 8.31. The number of hydrogen-bond donors (Lipinski definition) is 0. The lowest BCUT2D eigenvalue weighted by Gasteiger charge is -2.17. The third-order valence-electron chi connectivity index (χ3n) is 4.94. The first-order chi connectivity index (χ1) is 13.7. The van der Waals surface area contributed by atoms with E-state index < -0.39 is 0 Å². The van der Waals surface area contributed by atoms with Gasteiger partial charge in [0.1, 0.15) is 23.7 Å². The minimum atomic E-state index is -0.329. The van der Waals surface area contributed by atoms with Crippen molar-refractivity contribution in [1.29, 1.82) is 0 Å². The van der Waals surface area contributed by atoms with Crippen molar-refractivity contribution < 1.29 is 13.9 Å². The highest BCUT2D eigenvalue weighted by Gasteiger charge is 2.28. The average Bonchev–Trinajstić information content (AvgIpc) is 3.38. The molecule has 0 bridgehead atoms. The van der Waals surface area contributed by atoms with Gasteiger partial charge in [0.2, 0.25) is 0 Å². The van der Waals surface area contributed by atoms with Crippen molar-refractivity contribution in [2.24, 2.45) is 5.92 Å². The van der Waals surface area contributed by atoms with E-state index in [1.165, 1.54) is 24.3 Å². The molecule has 144 valence electrons. The lowest BCUT2D eigenvalue weighted by molar-refractivity contribution is -0.132. The molecular formula is C21H21FN4O2. The van der Waals surface area contributed by atoms with E-state index in [2.05, 4.69) is 10.2 Å². The van der Waals surface area contributed by atoms with Gasteiger partial charge in [0.05, 0.1) is 0 Å². The topological polar surface area (TPSA) is 60.2 Å². The molecule has 1 aliphatic rings. The average molecular weight is 380 g/mol. The number of benzene rings is 2. The summed E-state index contributed by atoms with van der Waals surface area (Å²) < 4.78 is 20.4. The third kappa shape index (κ3) is 4.19. The Morgan fingerprint density at radius 1 is 1.14 bits per heavy atom. The van der Waals surface area contributed by atoms with Crippen LogP contribution in [0, 0.1) is 11.7 Å². The molecule has 1 aromatic heterocycles. The van der Waals surface area contributed by atoms with Crippen LogP contribution in [0.2, 0.25) is 0 Å². The summed E-state index contributed by atoms with van der Waals surface area (Å²) in [5.41, 5.74) is 1.03. The van der Waals surface area contributed by atoms with Gasteiger partial charge in [0.25, 0.3) is 5.91 Å². The van der Waals surface area contributed by atoms with E-state index in [0.29, 0.717) is 24.8 Å². The SMILES string of the molecule is O=C(COc1ccc(F)cc1)N1CCC(Cc2nncn2-c2ccccc2)C1. The van der Waals surface area contributed by atoms with Crippen LogP contribution in [0.1, 0.15) is 12.2 Å². The summed E-state index contributed by atoms with van der Waals surface area (Å²) in [7, 11) is 0. The molecule has 2 aromatic carbocycles. The van der Waals surface area contributed by atoms with Crippen LogP contribution in [0.4, 0.5) is 4.39 Å². The van der Waals surface area contributed by atoms with E-state index in [-0.39, 0.29) is 18.3 Å². The second-order valence-corrected chi connectivity index (χ2v) is 6.89. The lowest BCUT2D eigenvalue weighted by Crippen LogP contribution is -2.33. The number of carbonyl (C=O) groups is 1. The van der Waals surface area contributed by atoms with Crippen LogP contribution in [0.25, 0.3) is 5.69 Å². The second kappa shape index (κ2) is 8.21. The number of nitrogens with zero attached hydrogens (tertiary/aromatic N) is 4. The maximum Gasteiger partial charge on any atom is 0.260 e. The van der Waals surface area contributed by atoms with E-state index in [4.69, 9.17) is 4.74 Å². The van der Waals surface area contributed by atoms with Gasteiger partial charge in [0.15, 0.2) is 6.61 Å². The van der Waals surface area contributed by atoms with Gasteiger partial charge in [0, 0.05) is 25.2 Å². The number of ether oxygens (including phenoxy) is 1. The Labute approximate surface area is 162 Å². The van der Waals surface area contributed by atoms with Crippen LogP contribution in [-0.2, 0) is 11.2 Å². The smallest absolute Gasteiger partial charge is 0.260 e. The van der Waals surface area contributed by atoms with Gasteiger partial charge in [-0.3, -0.25) is 9.36 Å². The molecule has 1 aliphatic heterocycles. The van der Waals surface area contributed by atoms with Crippen molar-refractivity contribution >= 4 is 5.91 Å². The zero-order valence-electron chi connectivity index (χ0n) is 15.4. The molecule has 0 saturated carbocycles. The Morgan fingerprint density at radius 2 is 1.93 bits per heavy atom. The number of likely N-dealkylation sites (tertiary alicyclic amines) is 1. The molecule has 1 atom stereocenters. The Balaban J connectivity index is 1.32.